The first kappa shape index (κ1) is 37.0. The van der Waals surface area contributed by atoms with E-state index < -0.39 is 5.41 Å². The first-order chi connectivity index (χ1) is 32.7. The molecule has 12 aromatic rings. The highest BCUT2D eigenvalue weighted by Gasteiger charge is 2.53. The fraction of sp³-hybridized carbons (Fsp3) is 0.0164. The molecule has 0 radical (unpaired) electrons. The Kier molecular flexibility index (Phi) is 8.03. The van der Waals surface area contributed by atoms with Gasteiger partial charge in [-0.3, -0.25) is 0 Å². The van der Waals surface area contributed by atoms with Crippen molar-refractivity contribution in [1.82, 2.24) is 19.9 Å². The maximum atomic E-state index is 5.68. The number of nitrogens with zero attached hydrogens (tertiary/aromatic N) is 4. The van der Waals surface area contributed by atoms with E-state index in [1.165, 1.54) is 70.1 Å². The molecular weight excluding hydrogens is 821 g/mol. The Morgan fingerprint density at radius 1 is 0.288 bits per heavy atom. The molecule has 3 heterocycles. The van der Waals surface area contributed by atoms with Crippen molar-refractivity contribution in [2.45, 2.75) is 5.41 Å². The molecule has 0 saturated carbocycles. The highest BCUT2D eigenvalue weighted by atomic mass is 32.1. The Hall–Kier alpha value is -8.38. The molecule has 1 spiro atoms. The summed E-state index contributed by atoms with van der Waals surface area (Å²) in [6.07, 6.45) is 0. The minimum Gasteiger partial charge on any atom is -0.247 e. The Morgan fingerprint density at radius 2 is 0.742 bits per heavy atom. The lowest BCUT2D eigenvalue weighted by Crippen LogP contribution is -2.26. The van der Waals surface area contributed by atoms with E-state index in [1.54, 1.807) is 0 Å². The summed E-state index contributed by atoms with van der Waals surface area (Å²) in [5.74, 6) is 1.88. The van der Waals surface area contributed by atoms with Crippen molar-refractivity contribution < 1.29 is 0 Å². The Bertz CT molecular complexity index is 3880. The Labute approximate surface area is 385 Å². The standard InChI is InChI=1S/C61H36N4S/c1-2-15-39(16-3-1)58-63-59(40-33-29-37(30-34-40)42-23-14-24-48-45-19-9-13-28-53(45)66-57(42)48)65-60(64-58)41-35-31-38(32-36-41)55-47-21-5-4-20-46(47)54-56(62-55)49-22-8-12-27-52(49)61(54)50-25-10-6-17-43(50)44-18-7-11-26-51(44)61/h1-36H. The van der Waals surface area contributed by atoms with E-state index >= 15 is 0 Å². The lowest BCUT2D eigenvalue weighted by atomic mass is 9.69. The molecule has 3 aromatic heterocycles. The molecule has 0 atom stereocenters. The molecule has 5 heteroatoms. The zero-order valence-electron chi connectivity index (χ0n) is 35.5. The normalized spacial score (nSPS) is 13.0. The van der Waals surface area contributed by atoms with Crippen LogP contribution in [0.2, 0.25) is 0 Å². The van der Waals surface area contributed by atoms with Crippen LogP contribution >= 0.6 is 11.3 Å². The summed E-state index contributed by atoms with van der Waals surface area (Å²) in [7, 11) is 0. The molecule has 0 saturated heterocycles. The predicted octanol–water partition coefficient (Wildman–Crippen LogP) is 15.5. The number of fused-ring (bicyclic) bond motifs is 15. The first-order valence-corrected chi connectivity index (χ1v) is 23.2. The van der Waals surface area contributed by atoms with Gasteiger partial charge in [-0.05, 0) is 50.4 Å². The van der Waals surface area contributed by atoms with E-state index in [9.17, 15) is 0 Å². The van der Waals surface area contributed by atoms with Crippen molar-refractivity contribution in [2.75, 3.05) is 0 Å². The van der Waals surface area contributed by atoms with Crippen LogP contribution in [-0.2, 0) is 5.41 Å². The Morgan fingerprint density at radius 3 is 1.39 bits per heavy atom. The van der Waals surface area contributed by atoms with Crippen LogP contribution in [0.3, 0.4) is 0 Å². The van der Waals surface area contributed by atoms with Crippen LogP contribution in [0.4, 0.5) is 0 Å². The van der Waals surface area contributed by atoms with Gasteiger partial charge in [0.15, 0.2) is 17.5 Å². The molecule has 0 unspecified atom stereocenters. The molecule has 0 N–H and O–H groups in total. The second-order valence-electron chi connectivity index (χ2n) is 17.2. The van der Waals surface area contributed by atoms with E-state index in [4.69, 9.17) is 19.9 Å². The lowest BCUT2D eigenvalue weighted by Gasteiger charge is -2.31. The molecule has 66 heavy (non-hydrogen) atoms. The lowest BCUT2D eigenvalue weighted by molar-refractivity contribution is 0.799. The van der Waals surface area contributed by atoms with Crippen LogP contribution < -0.4 is 0 Å². The van der Waals surface area contributed by atoms with Gasteiger partial charge < -0.3 is 0 Å². The van der Waals surface area contributed by atoms with Crippen molar-refractivity contribution in [2.24, 2.45) is 0 Å². The van der Waals surface area contributed by atoms with Crippen LogP contribution in [-0.4, -0.2) is 19.9 Å². The summed E-state index contributed by atoms with van der Waals surface area (Å²) >= 11 is 1.85. The Balaban J connectivity index is 0.884. The second-order valence-corrected chi connectivity index (χ2v) is 18.3. The third-order valence-corrected chi connectivity index (χ3v) is 15.0. The van der Waals surface area contributed by atoms with Crippen molar-refractivity contribution >= 4 is 42.3 Å². The van der Waals surface area contributed by atoms with E-state index in [0.29, 0.717) is 17.5 Å². The van der Waals surface area contributed by atoms with Crippen LogP contribution in [0.15, 0.2) is 218 Å². The largest absolute Gasteiger partial charge is 0.247 e. The molecule has 0 bridgehead atoms. The van der Waals surface area contributed by atoms with Gasteiger partial charge in [0.05, 0.1) is 16.8 Å². The van der Waals surface area contributed by atoms with E-state index in [1.807, 2.05) is 29.5 Å². The SMILES string of the molecule is c1ccc(-c2nc(-c3ccc(-c4nc5c(c6ccccc46)C4(c6ccccc6-c6ccccc64)c4ccccc4-5)cc3)nc(-c3ccc(-c4cccc5c4sc4ccccc45)cc3)n2)cc1. The summed E-state index contributed by atoms with van der Waals surface area (Å²) in [5, 5.41) is 4.93. The van der Waals surface area contributed by atoms with Gasteiger partial charge in [-0.15, -0.1) is 11.3 Å². The highest BCUT2D eigenvalue weighted by Crippen LogP contribution is 2.64. The number of hydrogen-bond donors (Lipinski definition) is 0. The molecule has 0 amide bonds. The molecule has 4 nitrogen and oxygen atoms in total. The predicted molar refractivity (Wildman–Crippen MR) is 271 cm³/mol. The van der Waals surface area contributed by atoms with Gasteiger partial charge in [-0.1, -0.05) is 212 Å². The van der Waals surface area contributed by atoms with E-state index in [-0.39, 0.29) is 0 Å². The van der Waals surface area contributed by atoms with Crippen LogP contribution in [0, 0.1) is 0 Å². The second kappa shape index (κ2) is 14.3. The summed E-state index contributed by atoms with van der Waals surface area (Å²) in [6, 6.07) is 78.2. The number of rotatable bonds is 5. The van der Waals surface area contributed by atoms with Crippen molar-refractivity contribution in [3.63, 3.8) is 0 Å². The van der Waals surface area contributed by atoms with Crippen LogP contribution in [0.1, 0.15) is 22.3 Å². The van der Waals surface area contributed by atoms with Crippen molar-refractivity contribution in [3.8, 4) is 78.9 Å². The number of hydrogen-bond acceptors (Lipinski definition) is 5. The average molecular weight is 857 g/mol. The van der Waals surface area contributed by atoms with Gasteiger partial charge in [0.25, 0.3) is 0 Å². The van der Waals surface area contributed by atoms with Gasteiger partial charge in [-0.2, -0.15) is 0 Å². The van der Waals surface area contributed by atoms with Crippen LogP contribution in [0.25, 0.3) is 110 Å². The molecule has 0 aliphatic heterocycles. The maximum Gasteiger partial charge on any atom is 0.164 e. The van der Waals surface area contributed by atoms with Crippen molar-refractivity contribution in [3.05, 3.63) is 241 Å². The fourth-order valence-electron chi connectivity index (χ4n) is 10.9. The summed E-state index contributed by atoms with van der Waals surface area (Å²) in [4.78, 5) is 21.0. The summed E-state index contributed by atoms with van der Waals surface area (Å²) in [6.45, 7) is 0. The number of aromatic nitrogens is 4. The van der Waals surface area contributed by atoms with Gasteiger partial charge in [-0.25, -0.2) is 19.9 Å². The number of thiophene rings is 1. The average Bonchev–Trinajstić information content (AvgIpc) is 4.03. The number of pyridine rings is 1. The highest BCUT2D eigenvalue weighted by molar-refractivity contribution is 7.26. The topological polar surface area (TPSA) is 51.6 Å². The van der Waals surface area contributed by atoms with Crippen LogP contribution in [0.5, 0.6) is 0 Å². The monoisotopic (exact) mass is 856 g/mol. The molecule has 0 fully saturated rings. The molecule has 2 aliphatic rings. The first-order valence-electron chi connectivity index (χ1n) is 22.4. The minimum absolute atomic E-state index is 0.478. The van der Waals surface area contributed by atoms with Gasteiger partial charge >= 0.3 is 0 Å². The molecule has 9 aromatic carbocycles. The third-order valence-electron chi connectivity index (χ3n) is 13.8. The van der Waals surface area contributed by atoms with Crippen molar-refractivity contribution in [1.29, 1.82) is 0 Å². The van der Waals surface area contributed by atoms with E-state index in [2.05, 4.69) is 200 Å². The van der Waals surface area contributed by atoms with Gasteiger partial charge in [0.2, 0.25) is 0 Å². The molecule has 14 rings (SSSR count). The van der Waals surface area contributed by atoms with E-state index in [0.717, 1.165) is 44.6 Å². The maximum absolute atomic E-state index is 5.68. The number of benzene rings is 9. The fourth-order valence-corrected chi connectivity index (χ4v) is 12.1. The smallest absolute Gasteiger partial charge is 0.164 e. The zero-order valence-corrected chi connectivity index (χ0v) is 36.3. The summed E-state index contributed by atoms with van der Waals surface area (Å²) in [5.41, 5.74) is 16.6. The molecule has 2 aliphatic carbocycles. The zero-order chi connectivity index (χ0) is 43.3. The quantitative estimate of drug-likeness (QED) is 0.173. The summed E-state index contributed by atoms with van der Waals surface area (Å²) < 4.78 is 2.60. The molecular formula is C61H36N4S. The van der Waals surface area contributed by atoms with Gasteiger partial charge in [0, 0.05) is 58.9 Å². The molecule has 306 valence electrons. The third kappa shape index (κ3) is 5.32. The van der Waals surface area contributed by atoms with Gasteiger partial charge in [0.1, 0.15) is 0 Å². The minimum atomic E-state index is -0.478.